The number of rotatable bonds is 4. The van der Waals surface area contributed by atoms with Crippen LogP contribution in [0.4, 0.5) is 0 Å². The van der Waals surface area contributed by atoms with E-state index in [-0.39, 0.29) is 11.2 Å². The third-order valence-corrected chi connectivity index (χ3v) is 5.62. The zero-order chi connectivity index (χ0) is 18.0. The minimum atomic E-state index is -0.216. The molecule has 1 aromatic carbocycles. The van der Waals surface area contributed by atoms with Crippen molar-refractivity contribution in [2.24, 2.45) is 11.8 Å². The molecule has 1 aliphatic heterocycles. The fourth-order valence-corrected chi connectivity index (χ4v) is 4.40. The smallest absolute Gasteiger partial charge is 0.235 e. The minimum absolute atomic E-state index is 0.169. The number of amides is 1. The highest BCUT2D eigenvalue weighted by atomic mass is 32.2. The molecule has 0 spiro atoms. The molecule has 1 aliphatic rings. The van der Waals surface area contributed by atoms with Crippen LogP contribution in [0.25, 0.3) is 5.69 Å². The number of para-hydroxylation sites is 1. The largest absolute Gasteiger partial charge is 0.341 e. The molecule has 1 aromatic heterocycles. The van der Waals surface area contributed by atoms with Crippen molar-refractivity contribution in [3.05, 3.63) is 29.8 Å². The van der Waals surface area contributed by atoms with E-state index in [0.717, 1.165) is 24.3 Å². The monoisotopic (exact) mass is 359 g/mol. The third kappa shape index (κ3) is 4.03. The predicted molar refractivity (Wildman–Crippen MR) is 98.7 cm³/mol. The highest BCUT2D eigenvalue weighted by Gasteiger charge is 2.29. The number of likely N-dealkylation sites (tertiary alicyclic amines) is 1. The highest BCUT2D eigenvalue weighted by Crippen LogP contribution is 2.28. The summed E-state index contributed by atoms with van der Waals surface area (Å²) in [5, 5.41) is 12.5. The molecule has 25 heavy (non-hydrogen) atoms. The molecule has 2 aromatic rings. The summed E-state index contributed by atoms with van der Waals surface area (Å²) in [5.74, 6) is 1.28. The van der Waals surface area contributed by atoms with Crippen molar-refractivity contribution < 1.29 is 4.79 Å². The first-order valence-electron chi connectivity index (χ1n) is 8.75. The number of hydrogen-bond donors (Lipinski definition) is 0. The lowest BCUT2D eigenvalue weighted by Gasteiger charge is -2.36. The third-order valence-electron chi connectivity index (χ3n) is 4.60. The quantitative estimate of drug-likeness (QED) is 0.785. The van der Waals surface area contributed by atoms with Gasteiger partial charge in [0.25, 0.3) is 0 Å². The number of nitrogens with zero attached hydrogens (tertiary/aromatic N) is 5. The molecule has 0 N–H and O–H groups in total. The van der Waals surface area contributed by atoms with Crippen LogP contribution in [0.3, 0.4) is 0 Å². The van der Waals surface area contributed by atoms with Gasteiger partial charge in [0.15, 0.2) is 0 Å². The molecular formula is C18H25N5OS. The van der Waals surface area contributed by atoms with Crippen molar-refractivity contribution in [3.8, 4) is 5.69 Å². The van der Waals surface area contributed by atoms with Gasteiger partial charge in [-0.1, -0.05) is 43.8 Å². The zero-order valence-corrected chi connectivity index (χ0v) is 16.0. The van der Waals surface area contributed by atoms with Gasteiger partial charge < -0.3 is 4.90 Å². The van der Waals surface area contributed by atoms with Gasteiger partial charge in [0.05, 0.1) is 10.9 Å². The highest BCUT2D eigenvalue weighted by molar-refractivity contribution is 8.00. The number of aryl methyl sites for hydroxylation is 1. The van der Waals surface area contributed by atoms with Gasteiger partial charge in [0, 0.05) is 13.1 Å². The maximum atomic E-state index is 12.9. The molecule has 1 saturated heterocycles. The van der Waals surface area contributed by atoms with Crippen LogP contribution < -0.4 is 0 Å². The second-order valence-electron chi connectivity index (χ2n) is 7.11. The van der Waals surface area contributed by atoms with Crippen molar-refractivity contribution in [3.63, 3.8) is 0 Å². The summed E-state index contributed by atoms with van der Waals surface area (Å²) in [6.07, 6.45) is 1.19. The Kier molecular flexibility index (Phi) is 5.42. The first kappa shape index (κ1) is 17.9. The normalized spacial score (nSPS) is 22.0. The molecule has 0 radical (unpaired) electrons. The molecule has 2 heterocycles. The maximum Gasteiger partial charge on any atom is 0.235 e. The topological polar surface area (TPSA) is 63.9 Å². The number of tetrazole rings is 1. The van der Waals surface area contributed by atoms with Crippen LogP contribution >= 0.6 is 11.8 Å². The van der Waals surface area contributed by atoms with E-state index in [4.69, 9.17) is 0 Å². The summed E-state index contributed by atoms with van der Waals surface area (Å²) in [5.41, 5.74) is 2.03. The molecule has 0 unspecified atom stereocenters. The Morgan fingerprint density at radius 2 is 1.92 bits per heavy atom. The van der Waals surface area contributed by atoms with Gasteiger partial charge in [-0.05, 0) is 54.2 Å². The fraction of sp³-hybridized carbons (Fsp3) is 0.556. The lowest BCUT2D eigenvalue weighted by molar-refractivity contribution is -0.132. The van der Waals surface area contributed by atoms with Gasteiger partial charge in [-0.2, -0.15) is 4.68 Å². The van der Waals surface area contributed by atoms with E-state index in [1.807, 2.05) is 43.0 Å². The summed E-state index contributed by atoms with van der Waals surface area (Å²) >= 11 is 1.42. The van der Waals surface area contributed by atoms with E-state index in [1.165, 1.54) is 18.2 Å². The van der Waals surface area contributed by atoms with E-state index in [1.54, 1.807) is 4.68 Å². The van der Waals surface area contributed by atoms with Gasteiger partial charge in [0.2, 0.25) is 11.1 Å². The van der Waals surface area contributed by atoms with E-state index < -0.39 is 0 Å². The number of benzene rings is 1. The molecule has 1 amide bonds. The first-order valence-corrected chi connectivity index (χ1v) is 9.63. The van der Waals surface area contributed by atoms with Crippen molar-refractivity contribution in [1.29, 1.82) is 0 Å². The van der Waals surface area contributed by atoms with E-state index in [0.29, 0.717) is 17.0 Å². The summed E-state index contributed by atoms with van der Waals surface area (Å²) in [6, 6.07) is 7.96. The van der Waals surface area contributed by atoms with Crippen LogP contribution in [0, 0.1) is 18.8 Å². The summed E-state index contributed by atoms with van der Waals surface area (Å²) in [6.45, 7) is 10.1. The summed E-state index contributed by atoms with van der Waals surface area (Å²) in [4.78, 5) is 14.9. The first-order chi connectivity index (χ1) is 12.0. The average molecular weight is 359 g/mol. The minimum Gasteiger partial charge on any atom is -0.341 e. The molecule has 0 bridgehead atoms. The molecule has 134 valence electrons. The average Bonchev–Trinajstić information content (AvgIpc) is 3.01. The van der Waals surface area contributed by atoms with Crippen LogP contribution in [0.15, 0.2) is 29.4 Å². The van der Waals surface area contributed by atoms with Crippen molar-refractivity contribution in [2.75, 3.05) is 13.1 Å². The van der Waals surface area contributed by atoms with E-state index >= 15 is 0 Å². The number of hydrogen-bond acceptors (Lipinski definition) is 5. The summed E-state index contributed by atoms with van der Waals surface area (Å²) < 4.78 is 1.71. The lowest BCUT2D eigenvalue weighted by atomic mass is 9.92. The Morgan fingerprint density at radius 3 is 2.60 bits per heavy atom. The number of carbonyl (C=O) groups excluding carboxylic acids is 1. The Bertz CT molecular complexity index is 737. The second kappa shape index (κ2) is 7.56. The van der Waals surface area contributed by atoms with Crippen LogP contribution in [0.2, 0.25) is 0 Å². The van der Waals surface area contributed by atoms with Crippen molar-refractivity contribution >= 4 is 17.7 Å². The molecular weight excluding hydrogens is 334 g/mol. The number of carbonyl (C=O) groups is 1. The standard InChI is InChI=1S/C18H25N5OS/c1-12-9-13(2)11-22(10-12)17(24)15(4)25-18-19-20-21-23(18)16-8-6-5-7-14(16)3/h5-8,12-13,15H,9-11H2,1-4H3/t12-,13-,15-/m1/s1. The molecule has 3 rings (SSSR count). The Balaban J connectivity index is 1.74. The van der Waals surface area contributed by atoms with Gasteiger partial charge in [0.1, 0.15) is 0 Å². The number of aromatic nitrogens is 4. The molecule has 6 nitrogen and oxygen atoms in total. The molecule has 1 fully saturated rings. The van der Waals surface area contributed by atoms with Crippen LogP contribution in [-0.2, 0) is 4.79 Å². The fourth-order valence-electron chi connectivity index (χ4n) is 3.51. The van der Waals surface area contributed by atoms with Crippen LogP contribution in [-0.4, -0.2) is 49.4 Å². The number of thioether (sulfide) groups is 1. The van der Waals surface area contributed by atoms with Gasteiger partial charge in [-0.3, -0.25) is 4.79 Å². The molecule has 3 atom stereocenters. The molecule has 0 saturated carbocycles. The van der Waals surface area contributed by atoms with Gasteiger partial charge >= 0.3 is 0 Å². The van der Waals surface area contributed by atoms with Crippen LogP contribution in [0.1, 0.15) is 32.8 Å². The number of piperidine rings is 1. The molecule has 7 heteroatoms. The molecule has 0 aliphatic carbocycles. The predicted octanol–water partition coefficient (Wildman–Crippen LogP) is 2.96. The Hall–Kier alpha value is -1.89. The van der Waals surface area contributed by atoms with Gasteiger partial charge in [-0.15, -0.1) is 5.10 Å². The van der Waals surface area contributed by atoms with Crippen molar-refractivity contribution in [1.82, 2.24) is 25.1 Å². The van der Waals surface area contributed by atoms with E-state index in [9.17, 15) is 4.79 Å². The Morgan fingerprint density at radius 1 is 1.24 bits per heavy atom. The summed E-state index contributed by atoms with van der Waals surface area (Å²) in [7, 11) is 0. The van der Waals surface area contributed by atoms with E-state index in [2.05, 4.69) is 29.4 Å². The maximum absolute atomic E-state index is 12.9. The Labute approximate surface area is 153 Å². The van der Waals surface area contributed by atoms with Crippen molar-refractivity contribution in [2.45, 2.75) is 44.5 Å². The second-order valence-corrected chi connectivity index (χ2v) is 8.42. The zero-order valence-electron chi connectivity index (χ0n) is 15.2. The van der Waals surface area contributed by atoms with Crippen LogP contribution in [0.5, 0.6) is 0 Å². The SMILES string of the molecule is Cc1ccccc1-n1nnnc1S[C@H](C)C(=O)N1C[C@H](C)C[C@@H](C)C1. The van der Waals surface area contributed by atoms with Gasteiger partial charge in [-0.25, -0.2) is 0 Å². The lowest BCUT2D eigenvalue weighted by Crippen LogP contribution is -2.45.